The van der Waals surface area contributed by atoms with E-state index >= 15 is 0 Å². The maximum atomic E-state index is 13.0. The van der Waals surface area contributed by atoms with Gasteiger partial charge in [-0.2, -0.15) is 0 Å². The molecule has 0 bridgehead atoms. The van der Waals surface area contributed by atoms with Crippen LogP contribution < -0.4 is 14.8 Å². The van der Waals surface area contributed by atoms with Crippen LogP contribution in [0, 0.1) is 0 Å². The van der Waals surface area contributed by atoms with E-state index in [0.717, 1.165) is 10.8 Å². The third-order valence-electron chi connectivity index (χ3n) is 6.16. The van der Waals surface area contributed by atoms with E-state index in [1.807, 2.05) is 42.5 Å². The van der Waals surface area contributed by atoms with Crippen LogP contribution in [0.3, 0.4) is 0 Å². The Bertz CT molecular complexity index is 1490. The van der Waals surface area contributed by atoms with Gasteiger partial charge in [-0.1, -0.05) is 36.4 Å². The number of fused-ring (bicyclic) bond motifs is 8. The molecule has 162 valence electrons. The summed E-state index contributed by atoms with van der Waals surface area (Å²) in [6, 6.07) is 21.7. The lowest BCUT2D eigenvalue weighted by Gasteiger charge is -2.37. The Kier molecular flexibility index (Phi) is 3.92. The fraction of sp³-hybridized carbons (Fsp3) is 0.0769. The number of amides is 1. The van der Waals surface area contributed by atoms with Crippen LogP contribution in [0.4, 0.5) is 10.5 Å². The molecule has 0 saturated heterocycles. The van der Waals surface area contributed by atoms with Crippen molar-refractivity contribution in [1.82, 2.24) is 0 Å². The first-order chi connectivity index (χ1) is 16.0. The number of carbonyl (C=O) groups excluding carboxylic acids is 1. The van der Waals surface area contributed by atoms with Gasteiger partial charge in [-0.3, -0.25) is 5.32 Å². The van der Waals surface area contributed by atoms with Crippen molar-refractivity contribution in [2.24, 2.45) is 0 Å². The van der Waals surface area contributed by atoms with Crippen molar-refractivity contribution in [3.8, 4) is 17.2 Å². The minimum atomic E-state index is -1.24. The first-order valence-corrected chi connectivity index (χ1v) is 10.3. The standard InChI is InChI=1S/C26H17NO6/c1-31-20-8-4-5-14-9-11-19-23(22(14)20)32-21-13-15(27-25(29)30)10-12-18(21)26(19)17-7-3-2-6-16(17)24(28)33-26/h2-13,27H,1H3,(H,29,30). The molecule has 1 spiro atoms. The van der Waals surface area contributed by atoms with E-state index in [-0.39, 0.29) is 0 Å². The average Bonchev–Trinajstić information content (AvgIpc) is 3.11. The first-order valence-electron chi connectivity index (χ1n) is 10.3. The highest BCUT2D eigenvalue weighted by atomic mass is 16.6. The molecule has 0 aliphatic carbocycles. The number of rotatable bonds is 2. The lowest BCUT2D eigenvalue weighted by molar-refractivity contribution is 0.0225. The largest absolute Gasteiger partial charge is 0.496 e. The molecule has 4 aromatic carbocycles. The minimum Gasteiger partial charge on any atom is -0.496 e. The van der Waals surface area contributed by atoms with Crippen LogP contribution in [0.2, 0.25) is 0 Å². The van der Waals surface area contributed by atoms with Crippen molar-refractivity contribution >= 4 is 28.5 Å². The summed E-state index contributed by atoms with van der Waals surface area (Å²) >= 11 is 0. The summed E-state index contributed by atoms with van der Waals surface area (Å²) in [5, 5.41) is 13.1. The van der Waals surface area contributed by atoms with Gasteiger partial charge < -0.3 is 19.3 Å². The molecule has 7 nitrogen and oxygen atoms in total. The summed E-state index contributed by atoms with van der Waals surface area (Å²) in [4.78, 5) is 24.2. The van der Waals surface area contributed by atoms with Crippen LogP contribution in [-0.4, -0.2) is 24.3 Å². The first kappa shape index (κ1) is 19.2. The number of esters is 1. The SMILES string of the molecule is COc1cccc2ccc3c(c12)Oc1cc(NC(=O)O)ccc1C31OC(=O)c2ccccc21. The van der Waals surface area contributed by atoms with E-state index in [1.165, 1.54) is 0 Å². The summed E-state index contributed by atoms with van der Waals surface area (Å²) in [6.07, 6.45) is -1.19. The predicted octanol–water partition coefficient (Wildman–Crippen LogP) is 5.51. The van der Waals surface area contributed by atoms with Crippen molar-refractivity contribution in [2.45, 2.75) is 5.60 Å². The molecule has 0 fully saturated rings. The molecule has 1 atom stereocenters. The average molecular weight is 439 g/mol. The van der Waals surface area contributed by atoms with Gasteiger partial charge >= 0.3 is 12.1 Å². The molecule has 1 amide bonds. The summed E-state index contributed by atoms with van der Waals surface area (Å²) < 4.78 is 18.2. The van der Waals surface area contributed by atoms with Crippen LogP contribution in [0.15, 0.2) is 72.8 Å². The zero-order valence-corrected chi connectivity index (χ0v) is 17.4. The second-order valence-electron chi connectivity index (χ2n) is 7.86. The molecular formula is C26H17NO6. The zero-order valence-electron chi connectivity index (χ0n) is 17.4. The van der Waals surface area contributed by atoms with Crippen molar-refractivity contribution in [3.63, 3.8) is 0 Å². The quantitative estimate of drug-likeness (QED) is 0.400. The van der Waals surface area contributed by atoms with Gasteiger partial charge in [0.1, 0.15) is 17.2 Å². The highest BCUT2D eigenvalue weighted by Crippen LogP contribution is 2.58. The Morgan fingerprint density at radius 1 is 0.970 bits per heavy atom. The molecule has 6 rings (SSSR count). The van der Waals surface area contributed by atoms with Crippen molar-refractivity contribution in [1.29, 1.82) is 0 Å². The summed E-state index contributed by atoms with van der Waals surface area (Å²) in [7, 11) is 1.58. The third-order valence-corrected chi connectivity index (χ3v) is 6.16. The summed E-state index contributed by atoms with van der Waals surface area (Å²) in [5.74, 6) is 1.06. The second-order valence-corrected chi connectivity index (χ2v) is 7.86. The minimum absolute atomic E-state index is 0.338. The zero-order chi connectivity index (χ0) is 22.7. The van der Waals surface area contributed by atoms with Crippen LogP contribution >= 0.6 is 0 Å². The molecule has 0 saturated carbocycles. The fourth-order valence-corrected chi connectivity index (χ4v) is 4.84. The van der Waals surface area contributed by atoms with Gasteiger partial charge in [0.2, 0.25) is 0 Å². The number of ether oxygens (including phenoxy) is 3. The van der Waals surface area contributed by atoms with E-state index in [2.05, 4.69) is 5.32 Å². The molecule has 2 N–H and O–H groups in total. The van der Waals surface area contributed by atoms with Crippen molar-refractivity contribution in [3.05, 3.63) is 95.1 Å². The van der Waals surface area contributed by atoms with E-state index < -0.39 is 17.7 Å². The fourth-order valence-electron chi connectivity index (χ4n) is 4.84. The third kappa shape index (κ3) is 2.56. The van der Waals surface area contributed by atoms with Crippen LogP contribution in [-0.2, 0) is 10.3 Å². The number of nitrogens with one attached hydrogen (secondary N) is 1. The number of carboxylic acid groups (broad SMARTS) is 1. The van der Waals surface area contributed by atoms with Crippen LogP contribution in [0.25, 0.3) is 10.8 Å². The van der Waals surface area contributed by atoms with Gasteiger partial charge in [0.05, 0.1) is 18.1 Å². The van der Waals surface area contributed by atoms with Gasteiger partial charge in [0, 0.05) is 28.4 Å². The highest BCUT2D eigenvalue weighted by molar-refractivity contribution is 6.00. The molecule has 2 aliphatic rings. The second kappa shape index (κ2) is 6.74. The highest BCUT2D eigenvalue weighted by Gasteiger charge is 2.53. The van der Waals surface area contributed by atoms with Gasteiger partial charge in [-0.15, -0.1) is 0 Å². The van der Waals surface area contributed by atoms with Crippen molar-refractivity contribution < 1.29 is 28.9 Å². The molecule has 7 heteroatoms. The predicted molar refractivity (Wildman–Crippen MR) is 120 cm³/mol. The molecule has 0 aromatic heterocycles. The van der Waals surface area contributed by atoms with E-state index in [0.29, 0.717) is 45.2 Å². The van der Waals surface area contributed by atoms with Crippen LogP contribution in [0.1, 0.15) is 27.0 Å². The molecule has 33 heavy (non-hydrogen) atoms. The number of hydrogen-bond donors (Lipinski definition) is 2. The summed E-state index contributed by atoms with van der Waals surface area (Å²) in [5.41, 5.74) is 1.55. The Morgan fingerprint density at radius 2 is 1.79 bits per heavy atom. The molecule has 0 radical (unpaired) electrons. The number of carbonyl (C=O) groups is 2. The number of methoxy groups -OCH3 is 1. The van der Waals surface area contributed by atoms with Gasteiger partial charge in [-0.05, 0) is 35.7 Å². The Balaban J connectivity index is 1.72. The molecule has 2 heterocycles. The molecule has 4 aromatic rings. The van der Waals surface area contributed by atoms with Crippen LogP contribution in [0.5, 0.6) is 17.2 Å². The lowest BCUT2D eigenvalue weighted by atomic mass is 9.77. The topological polar surface area (TPSA) is 94.1 Å². The monoisotopic (exact) mass is 439 g/mol. The molecule has 1 unspecified atom stereocenters. The summed E-state index contributed by atoms with van der Waals surface area (Å²) in [6.45, 7) is 0. The van der Waals surface area contributed by atoms with E-state index in [4.69, 9.17) is 14.2 Å². The molecule has 2 aliphatic heterocycles. The smallest absolute Gasteiger partial charge is 0.409 e. The Morgan fingerprint density at radius 3 is 2.61 bits per heavy atom. The van der Waals surface area contributed by atoms with E-state index in [1.54, 1.807) is 37.4 Å². The van der Waals surface area contributed by atoms with Gasteiger partial charge in [-0.25, -0.2) is 9.59 Å². The van der Waals surface area contributed by atoms with Gasteiger partial charge in [0.15, 0.2) is 5.60 Å². The maximum Gasteiger partial charge on any atom is 0.409 e. The van der Waals surface area contributed by atoms with Gasteiger partial charge in [0.25, 0.3) is 0 Å². The van der Waals surface area contributed by atoms with Crippen molar-refractivity contribution in [2.75, 3.05) is 12.4 Å². The Labute approximate surface area is 188 Å². The van der Waals surface area contributed by atoms with E-state index in [9.17, 15) is 14.7 Å². The number of hydrogen-bond acceptors (Lipinski definition) is 5. The normalized spacial score (nSPS) is 17.5. The molecular weight excluding hydrogens is 422 g/mol. The Hall–Kier alpha value is -4.52. The lowest BCUT2D eigenvalue weighted by Crippen LogP contribution is -2.33. The maximum absolute atomic E-state index is 13.0. The number of anilines is 1. The number of benzene rings is 4.